The van der Waals surface area contributed by atoms with Crippen LogP contribution in [0.25, 0.3) is 0 Å². The molecule has 15 heavy (non-hydrogen) atoms. The van der Waals surface area contributed by atoms with Gasteiger partial charge in [0, 0.05) is 0 Å². The van der Waals surface area contributed by atoms with Gasteiger partial charge in [0.05, 0.1) is 6.61 Å². The summed E-state index contributed by atoms with van der Waals surface area (Å²) in [5.74, 6) is -4.53. The average molecular weight is 242 g/mol. The fourth-order valence-electron chi connectivity index (χ4n) is 0.850. The van der Waals surface area contributed by atoms with Crippen LogP contribution in [0.3, 0.4) is 0 Å². The molecule has 2 N–H and O–H groups in total. The van der Waals surface area contributed by atoms with Gasteiger partial charge in [0.25, 0.3) is 0 Å². The summed E-state index contributed by atoms with van der Waals surface area (Å²) in [5.41, 5.74) is -0.213. The van der Waals surface area contributed by atoms with Crippen molar-refractivity contribution < 1.29 is 32.0 Å². The maximum Gasteiger partial charge on any atom is 0.469 e. The Labute approximate surface area is 82.5 Å². The highest BCUT2D eigenvalue weighted by Crippen LogP contribution is 2.37. The van der Waals surface area contributed by atoms with Crippen LogP contribution in [0.4, 0.5) is 13.2 Å². The van der Waals surface area contributed by atoms with E-state index in [2.05, 4.69) is 4.52 Å². The van der Waals surface area contributed by atoms with Crippen LogP contribution in [-0.4, -0.2) is 9.79 Å². The third-order valence-corrected chi connectivity index (χ3v) is 1.91. The molecule has 0 radical (unpaired) electrons. The van der Waals surface area contributed by atoms with E-state index in [1.165, 1.54) is 0 Å². The first-order valence-electron chi connectivity index (χ1n) is 3.63. The molecule has 0 unspecified atom stereocenters. The molecule has 0 amide bonds. The maximum absolute atomic E-state index is 12.6. The third-order valence-electron chi connectivity index (χ3n) is 1.44. The summed E-state index contributed by atoms with van der Waals surface area (Å²) in [4.78, 5) is 16.6. The van der Waals surface area contributed by atoms with Crippen LogP contribution in [0.5, 0.6) is 0 Å². The normalized spacial score (nSPS) is 11.8. The monoisotopic (exact) mass is 242 g/mol. The Morgan fingerprint density at radius 2 is 1.67 bits per heavy atom. The molecule has 1 aromatic carbocycles. The maximum atomic E-state index is 12.6. The number of halogens is 3. The minimum absolute atomic E-state index is 0.213. The Kier molecular flexibility index (Phi) is 3.51. The molecule has 0 saturated heterocycles. The smallest absolute Gasteiger partial charge is 0.303 e. The molecule has 0 heterocycles. The molecular formula is C7H6F3O4P. The van der Waals surface area contributed by atoms with Gasteiger partial charge in [-0.3, -0.25) is 4.52 Å². The Hall–Kier alpha value is -0.880. The van der Waals surface area contributed by atoms with E-state index in [9.17, 15) is 17.7 Å². The summed E-state index contributed by atoms with van der Waals surface area (Å²) in [7, 11) is -4.71. The van der Waals surface area contributed by atoms with Crippen LogP contribution in [-0.2, 0) is 15.7 Å². The molecule has 4 nitrogen and oxygen atoms in total. The number of phosphoric acid groups is 1. The van der Waals surface area contributed by atoms with Crippen LogP contribution in [0.2, 0.25) is 0 Å². The number of phosphoric ester groups is 1. The molecule has 0 saturated carbocycles. The SMILES string of the molecule is O=P(O)(O)OCc1cc(F)c(F)c(F)c1. The minimum Gasteiger partial charge on any atom is -0.303 e. The quantitative estimate of drug-likeness (QED) is 0.625. The Morgan fingerprint density at radius 1 is 1.20 bits per heavy atom. The zero-order chi connectivity index (χ0) is 11.6. The fourth-order valence-corrected chi connectivity index (χ4v) is 1.17. The van der Waals surface area contributed by atoms with E-state index in [-0.39, 0.29) is 5.56 Å². The van der Waals surface area contributed by atoms with Crippen molar-refractivity contribution in [1.82, 2.24) is 0 Å². The second kappa shape index (κ2) is 4.32. The van der Waals surface area contributed by atoms with E-state index in [0.29, 0.717) is 12.1 Å². The standard InChI is InChI=1S/C7H6F3O4P/c8-5-1-4(2-6(9)7(5)10)3-14-15(11,12)13/h1-2H,3H2,(H2,11,12,13). The van der Waals surface area contributed by atoms with Crippen molar-refractivity contribution >= 4 is 7.82 Å². The first-order chi connectivity index (χ1) is 6.79. The summed E-state index contributed by atoms with van der Waals surface area (Å²) in [5, 5.41) is 0. The Balaban J connectivity index is 2.84. The molecule has 0 fully saturated rings. The lowest BCUT2D eigenvalue weighted by Crippen LogP contribution is -1.97. The molecule has 1 aromatic rings. The van der Waals surface area contributed by atoms with Crippen LogP contribution < -0.4 is 0 Å². The van der Waals surface area contributed by atoms with Crippen LogP contribution in [0, 0.1) is 17.5 Å². The summed E-state index contributed by atoms with van der Waals surface area (Å²) < 4.78 is 51.9. The molecule has 0 aliphatic carbocycles. The number of rotatable bonds is 3. The number of hydrogen-bond acceptors (Lipinski definition) is 2. The summed E-state index contributed by atoms with van der Waals surface area (Å²) in [6, 6.07) is 1.18. The molecule has 84 valence electrons. The fraction of sp³-hybridized carbons (Fsp3) is 0.143. The van der Waals surface area contributed by atoms with Gasteiger partial charge < -0.3 is 9.79 Å². The first-order valence-corrected chi connectivity index (χ1v) is 5.16. The van der Waals surface area contributed by atoms with Gasteiger partial charge in [-0.15, -0.1) is 0 Å². The van der Waals surface area contributed by atoms with Crippen molar-refractivity contribution in [3.05, 3.63) is 35.1 Å². The van der Waals surface area contributed by atoms with Gasteiger partial charge in [-0.2, -0.15) is 0 Å². The summed E-state index contributed by atoms with van der Waals surface area (Å²) in [6.45, 7) is -0.710. The van der Waals surface area contributed by atoms with Gasteiger partial charge in [-0.1, -0.05) is 0 Å². The van der Waals surface area contributed by atoms with Gasteiger partial charge >= 0.3 is 7.82 Å². The van der Waals surface area contributed by atoms with E-state index in [4.69, 9.17) is 9.79 Å². The van der Waals surface area contributed by atoms with E-state index >= 15 is 0 Å². The molecule has 1 rings (SSSR count). The highest BCUT2D eigenvalue weighted by atomic mass is 31.2. The van der Waals surface area contributed by atoms with Gasteiger partial charge in [-0.05, 0) is 17.7 Å². The average Bonchev–Trinajstić information content (AvgIpc) is 2.09. The van der Waals surface area contributed by atoms with Crippen molar-refractivity contribution in [3.8, 4) is 0 Å². The lowest BCUT2D eigenvalue weighted by molar-refractivity contribution is 0.188. The van der Waals surface area contributed by atoms with Crippen LogP contribution in [0.15, 0.2) is 12.1 Å². The van der Waals surface area contributed by atoms with Gasteiger partial charge in [-0.25, -0.2) is 17.7 Å². The van der Waals surface area contributed by atoms with Crippen molar-refractivity contribution in [2.75, 3.05) is 0 Å². The highest BCUT2D eigenvalue weighted by molar-refractivity contribution is 7.46. The first kappa shape index (κ1) is 12.2. The minimum atomic E-state index is -4.71. The van der Waals surface area contributed by atoms with E-state index in [1.54, 1.807) is 0 Å². The molecule has 0 atom stereocenters. The summed E-state index contributed by atoms with van der Waals surface area (Å²) >= 11 is 0. The van der Waals surface area contributed by atoms with Crippen molar-refractivity contribution in [2.45, 2.75) is 6.61 Å². The molecule has 0 aromatic heterocycles. The topological polar surface area (TPSA) is 66.8 Å². The van der Waals surface area contributed by atoms with Crippen LogP contribution >= 0.6 is 7.82 Å². The van der Waals surface area contributed by atoms with E-state index in [0.717, 1.165) is 0 Å². The van der Waals surface area contributed by atoms with E-state index in [1.807, 2.05) is 0 Å². The van der Waals surface area contributed by atoms with Gasteiger partial charge in [0.1, 0.15) is 0 Å². The highest BCUT2D eigenvalue weighted by Gasteiger charge is 2.16. The molecular weight excluding hydrogens is 236 g/mol. The van der Waals surface area contributed by atoms with Crippen molar-refractivity contribution in [1.29, 1.82) is 0 Å². The molecule has 0 aliphatic rings. The zero-order valence-electron chi connectivity index (χ0n) is 7.15. The molecule has 0 bridgehead atoms. The molecule has 0 spiro atoms. The zero-order valence-corrected chi connectivity index (χ0v) is 8.05. The number of hydrogen-bond donors (Lipinski definition) is 2. The molecule has 0 aliphatic heterocycles. The Bertz CT molecular complexity index is 394. The largest absolute Gasteiger partial charge is 0.469 e. The van der Waals surface area contributed by atoms with Crippen molar-refractivity contribution in [2.24, 2.45) is 0 Å². The second-order valence-electron chi connectivity index (χ2n) is 2.64. The second-order valence-corrected chi connectivity index (χ2v) is 3.88. The van der Waals surface area contributed by atoms with Crippen molar-refractivity contribution in [3.63, 3.8) is 0 Å². The van der Waals surface area contributed by atoms with Gasteiger partial charge in [0.2, 0.25) is 0 Å². The number of benzene rings is 1. The van der Waals surface area contributed by atoms with Crippen LogP contribution in [0.1, 0.15) is 5.56 Å². The van der Waals surface area contributed by atoms with Gasteiger partial charge in [0.15, 0.2) is 17.5 Å². The predicted octanol–water partition coefficient (Wildman–Crippen LogP) is 1.71. The van der Waals surface area contributed by atoms with E-state index < -0.39 is 31.9 Å². The summed E-state index contributed by atoms with van der Waals surface area (Å²) in [6.07, 6.45) is 0. The Morgan fingerprint density at radius 3 is 2.07 bits per heavy atom. The lowest BCUT2D eigenvalue weighted by Gasteiger charge is -2.05. The third kappa shape index (κ3) is 3.64. The lowest BCUT2D eigenvalue weighted by atomic mass is 10.2. The molecule has 8 heteroatoms. The predicted molar refractivity (Wildman–Crippen MR) is 43.1 cm³/mol.